The van der Waals surface area contributed by atoms with Gasteiger partial charge < -0.3 is 10.6 Å². The molecule has 1 saturated heterocycles. The summed E-state index contributed by atoms with van der Waals surface area (Å²) in [6.07, 6.45) is 5.26. The van der Waals surface area contributed by atoms with Crippen molar-refractivity contribution in [2.24, 2.45) is 11.3 Å². The first kappa shape index (κ1) is 21.0. The third kappa shape index (κ3) is 4.45. The summed E-state index contributed by atoms with van der Waals surface area (Å²) in [4.78, 5) is 43.4. The molecule has 164 valence electrons. The van der Waals surface area contributed by atoms with Gasteiger partial charge in [-0.1, -0.05) is 32.9 Å². The molecule has 2 aromatic rings. The van der Waals surface area contributed by atoms with E-state index in [-0.39, 0.29) is 17.9 Å². The van der Waals surface area contributed by atoms with Crippen molar-refractivity contribution < 1.29 is 14.4 Å². The summed E-state index contributed by atoms with van der Waals surface area (Å²) in [7, 11) is 0. The van der Waals surface area contributed by atoms with E-state index in [1.54, 1.807) is 17.1 Å². The number of hydrogen-bond donors (Lipinski definition) is 2. The third-order valence-electron chi connectivity index (χ3n) is 5.95. The molecule has 9 heteroatoms. The van der Waals surface area contributed by atoms with E-state index in [4.69, 9.17) is 0 Å². The number of carbonyl (C=O) groups is 3. The van der Waals surface area contributed by atoms with Crippen LogP contribution in [0.25, 0.3) is 0 Å². The quantitative estimate of drug-likeness (QED) is 0.717. The van der Waals surface area contributed by atoms with Crippen LogP contribution in [-0.4, -0.2) is 49.6 Å². The second-order valence-electron chi connectivity index (χ2n) is 9.60. The van der Waals surface area contributed by atoms with Crippen molar-refractivity contribution in [2.75, 3.05) is 11.9 Å². The molecule has 2 unspecified atom stereocenters. The Balaban J connectivity index is 1.42. The van der Waals surface area contributed by atoms with Crippen LogP contribution in [-0.2, 0) is 16.1 Å². The molecule has 4 rings (SSSR count). The van der Waals surface area contributed by atoms with Gasteiger partial charge in [0.1, 0.15) is 24.7 Å². The number of hydrogen-bond acceptors (Lipinski definition) is 5. The first-order valence-electron chi connectivity index (χ1n) is 10.5. The molecule has 1 aromatic heterocycles. The molecule has 2 heterocycles. The summed E-state index contributed by atoms with van der Waals surface area (Å²) in [6.45, 7) is 6.54. The number of rotatable bonds is 5. The third-order valence-corrected chi connectivity index (χ3v) is 5.95. The number of amides is 4. The van der Waals surface area contributed by atoms with E-state index in [2.05, 4.69) is 41.5 Å². The van der Waals surface area contributed by atoms with Crippen LogP contribution in [0.4, 0.5) is 10.5 Å². The molecule has 9 nitrogen and oxygen atoms in total. The van der Waals surface area contributed by atoms with Crippen molar-refractivity contribution in [3.63, 3.8) is 0 Å². The van der Waals surface area contributed by atoms with Crippen molar-refractivity contribution >= 4 is 23.5 Å². The van der Waals surface area contributed by atoms with Crippen LogP contribution in [0.3, 0.4) is 0 Å². The largest absolute Gasteiger partial charge is 0.325 e. The Labute approximate surface area is 181 Å². The summed E-state index contributed by atoms with van der Waals surface area (Å²) in [5.74, 6) is -0.400. The first-order chi connectivity index (χ1) is 14.7. The molecule has 31 heavy (non-hydrogen) atoms. The van der Waals surface area contributed by atoms with E-state index >= 15 is 0 Å². The van der Waals surface area contributed by atoms with Crippen LogP contribution in [0.5, 0.6) is 0 Å². The molecule has 1 aliphatic carbocycles. The topological polar surface area (TPSA) is 109 Å². The highest BCUT2D eigenvalue weighted by Crippen LogP contribution is 2.46. The lowest BCUT2D eigenvalue weighted by molar-refractivity contribution is -0.136. The molecular formula is C22H28N6O3. The number of urea groups is 1. The van der Waals surface area contributed by atoms with E-state index < -0.39 is 17.5 Å². The van der Waals surface area contributed by atoms with E-state index in [9.17, 15) is 14.4 Å². The molecule has 1 aliphatic heterocycles. The highest BCUT2D eigenvalue weighted by atomic mass is 16.2. The van der Waals surface area contributed by atoms with Gasteiger partial charge in [0.2, 0.25) is 5.91 Å². The molecule has 1 spiro atoms. The SMILES string of the molecule is CC1CC(C)(C)CC2(C1)NC(=O)N(CC(=O)Nc1cccc(Cn3cncn3)c1)C2=O. The van der Waals surface area contributed by atoms with Crippen LogP contribution in [0, 0.1) is 11.3 Å². The Morgan fingerprint density at radius 2 is 2.10 bits per heavy atom. The molecule has 2 fully saturated rings. The molecule has 1 aromatic carbocycles. The zero-order chi connectivity index (χ0) is 22.2. The Bertz CT molecular complexity index is 1000. The molecule has 2 N–H and O–H groups in total. The van der Waals surface area contributed by atoms with Gasteiger partial charge in [-0.2, -0.15) is 5.10 Å². The number of aromatic nitrogens is 3. The van der Waals surface area contributed by atoms with Gasteiger partial charge in [0.15, 0.2) is 0 Å². The lowest BCUT2D eigenvalue weighted by atomic mass is 9.64. The molecule has 1 saturated carbocycles. The maximum absolute atomic E-state index is 13.2. The van der Waals surface area contributed by atoms with E-state index in [1.807, 2.05) is 18.2 Å². The predicted octanol–water partition coefficient (Wildman–Crippen LogP) is 2.40. The van der Waals surface area contributed by atoms with Gasteiger partial charge in [-0.15, -0.1) is 0 Å². The number of benzene rings is 1. The number of nitrogens with one attached hydrogen (secondary N) is 2. The Kier molecular flexibility index (Phi) is 5.28. The fourth-order valence-corrected chi connectivity index (χ4v) is 5.24. The number of imide groups is 1. The fraction of sp³-hybridized carbons (Fsp3) is 0.500. The minimum absolute atomic E-state index is 0.0522. The van der Waals surface area contributed by atoms with Crippen molar-refractivity contribution in [1.82, 2.24) is 25.0 Å². The average Bonchev–Trinajstić information content (AvgIpc) is 3.23. The van der Waals surface area contributed by atoms with E-state index in [0.29, 0.717) is 31.0 Å². The van der Waals surface area contributed by atoms with E-state index in [0.717, 1.165) is 16.9 Å². The first-order valence-corrected chi connectivity index (χ1v) is 10.5. The van der Waals surface area contributed by atoms with Crippen molar-refractivity contribution in [1.29, 1.82) is 0 Å². The molecule has 2 atom stereocenters. The van der Waals surface area contributed by atoms with Gasteiger partial charge in [0, 0.05) is 5.69 Å². The lowest BCUT2D eigenvalue weighted by Crippen LogP contribution is -2.54. The summed E-state index contributed by atoms with van der Waals surface area (Å²) in [5.41, 5.74) is 0.576. The van der Waals surface area contributed by atoms with Crippen molar-refractivity contribution in [3.8, 4) is 0 Å². The number of nitrogens with zero attached hydrogens (tertiary/aromatic N) is 4. The molecular weight excluding hydrogens is 396 g/mol. The lowest BCUT2D eigenvalue weighted by Gasteiger charge is -2.43. The summed E-state index contributed by atoms with van der Waals surface area (Å²) >= 11 is 0. The van der Waals surface area contributed by atoms with Gasteiger partial charge in [0.05, 0.1) is 6.54 Å². The zero-order valence-corrected chi connectivity index (χ0v) is 18.1. The number of anilines is 1. The predicted molar refractivity (Wildman–Crippen MR) is 114 cm³/mol. The second kappa shape index (κ2) is 7.79. The molecule has 0 bridgehead atoms. The maximum Gasteiger partial charge on any atom is 0.325 e. The van der Waals surface area contributed by atoms with Crippen LogP contribution >= 0.6 is 0 Å². The van der Waals surface area contributed by atoms with Gasteiger partial charge in [-0.05, 0) is 48.3 Å². The standard InChI is InChI=1S/C22H28N6O3/c1-15-8-21(2,3)12-22(9-15)19(30)28(20(31)26-22)11-18(29)25-17-6-4-5-16(7-17)10-27-14-23-13-24-27/h4-7,13-15H,8-12H2,1-3H3,(H,25,29)(H,26,31). The van der Waals surface area contributed by atoms with Crippen molar-refractivity contribution in [2.45, 2.75) is 52.1 Å². The molecule has 4 amide bonds. The molecule has 0 radical (unpaired) electrons. The number of carbonyl (C=O) groups excluding carboxylic acids is 3. The van der Waals surface area contributed by atoms with Gasteiger partial charge in [-0.25, -0.2) is 14.5 Å². The van der Waals surface area contributed by atoms with Crippen LogP contribution in [0.15, 0.2) is 36.9 Å². The van der Waals surface area contributed by atoms with Gasteiger partial charge in [0.25, 0.3) is 5.91 Å². The average molecular weight is 425 g/mol. The monoisotopic (exact) mass is 424 g/mol. The highest BCUT2D eigenvalue weighted by Gasteiger charge is 2.56. The van der Waals surface area contributed by atoms with Crippen LogP contribution in [0.1, 0.15) is 45.6 Å². The van der Waals surface area contributed by atoms with Crippen LogP contribution < -0.4 is 10.6 Å². The minimum atomic E-state index is -0.907. The summed E-state index contributed by atoms with van der Waals surface area (Å²) in [5, 5.41) is 9.76. The van der Waals surface area contributed by atoms with Gasteiger partial charge >= 0.3 is 6.03 Å². The summed E-state index contributed by atoms with van der Waals surface area (Å²) < 4.78 is 1.68. The Morgan fingerprint density at radius 1 is 1.29 bits per heavy atom. The van der Waals surface area contributed by atoms with Gasteiger partial charge in [-0.3, -0.25) is 14.5 Å². The molecule has 2 aliphatic rings. The van der Waals surface area contributed by atoms with E-state index in [1.165, 1.54) is 6.33 Å². The Hall–Kier alpha value is -3.23. The van der Waals surface area contributed by atoms with Crippen molar-refractivity contribution in [3.05, 3.63) is 42.5 Å². The second-order valence-corrected chi connectivity index (χ2v) is 9.60. The maximum atomic E-state index is 13.2. The summed E-state index contributed by atoms with van der Waals surface area (Å²) in [6, 6.07) is 6.85. The fourth-order valence-electron chi connectivity index (χ4n) is 5.24. The highest BCUT2D eigenvalue weighted by molar-refractivity contribution is 6.10. The smallest absolute Gasteiger partial charge is 0.325 e. The normalized spacial score (nSPS) is 25.0. The van der Waals surface area contributed by atoms with Crippen LogP contribution in [0.2, 0.25) is 0 Å². The minimum Gasteiger partial charge on any atom is -0.325 e. The zero-order valence-electron chi connectivity index (χ0n) is 18.1. The Morgan fingerprint density at radius 3 is 2.81 bits per heavy atom.